The lowest BCUT2D eigenvalue weighted by atomic mass is 10.2. The summed E-state index contributed by atoms with van der Waals surface area (Å²) in [6, 6.07) is 4.53. The zero-order chi connectivity index (χ0) is 10.6. The van der Waals surface area contributed by atoms with Crippen molar-refractivity contribution in [1.29, 1.82) is 0 Å². The molecule has 0 aromatic heterocycles. The summed E-state index contributed by atoms with van der Waals surface area (Å²) in [5, 5.41) is 19.3. The largest absolute Gasteiger partial charge is 0.504 e. The molecule has 0 aliphatic heterocycles. The van der Waals surface area contributed by atoms with E-state index >= 15 is 0 Å². The van der Waals surface area contributed by atoms with Gasteiger partial charge in [0, 0.05) is 6.08 Å². The van der Waals surface area contributed by atoms with E-state index in [1.807, 2.05) is 0 Å². The predicted molar refractivity (Wildman–Crippen MR) is 50.7 cm³/mol. The summed E-state index contributed by atoms with van der Waals surface area (Å²) in [5.74, 6) is 0.293. The zero-order valence-corrected chi connectivity index (χ0v) is 7.51. The number of nitrogens with zero attached hydrogens (tertiary/aromatic N) is 1. The van der Waals surface area contributed by atoms with Crippen LogP contribution in [0.4, 0.5) is 0 Å². The zero-order valence-electron chi connectivity index (χ0n) is 7.51. The minimum atomic E-state index is -0.568. The van der Waals surface area contributed by atoms with Gasteiger partial charge in [-0.2, -0.15) is 0 Å². The highest BCUT2D eigenvalue weighted by Crippen LogP contribution is 2.26. The number of phenolic OH excluding ortho intramolecular Hbond substituents is 1. The third kappa shape index (κ3) is 2.48. The van der Waals surface area contributed by atoms with Gasteiger partial charge in [-0.3, -0.25) is 10.1 Å². The smallest absolute Gasteiger partial charge is 0.235 e. The highest BCUT2D eigenvalue weighted by atomic mass is 16.6. The van der Waals surface area contributed by atoms with Crippen LogP contribution >= 0.6 is 0 Å². The normalized spacial score (nSPS) is 10.4. The minimum Gasteiger partial charge on any atom is -0.504 e. The molecule has 1 aromatic carbocycles. The lowest BCUT2D eigenvalue weighted by Gasteiger charge is -2.02. The average molecular weight is 195 g/mol. The Morgan fingerprint density at radius 1 is 1.57 bits per heavy atom. The molecule has 1 N–H and O–H groups in total. The van der Waals surface area contributed by atoms with Crippen LogP contribution < -0.4 is 4.74 Å². The molecule has 5 nitrogen and oxygen atoms in total. The van der Waals surface area contributed by atoms with E-state index in [-0.39, 0.29) is 5.75 Å². The van der Waals surface area contributed by atoms with Crippen LogP contribution in [0.25, 0.3) is 6.08 Å². The summed E-state index contributed by atoms with van der Waals surface area (Å²) < 4.78 is 4.82. The van der Waals surface area contributed by atoms with Crippen LogP contribution in [0.3, 0.4) is 0 Å². The van der Waals surface area contributed by atoms with E-state index in [2.05, 4.69) is 0 Å². The van der Waals surface area contributed by atoms with Crippen LogP contribution in [-0.2, 0) is 0 Å². The number of hydrogen-bond donors (Lipinski definition) is 1. The Kier molecular flexibility index (Phi) is 3.06. The van der Waals surface area contributed by atoms with Crippen molar-refractivity contribution in [3.63, 3.8) is 0 Å². The van der Waals surface area contributed by atoms with Gasteiger partial charge in [0.15, 0.2) is 11.5 Å². The molecule has 0 bridgehead atoms. The van der Waals surface area contributed by atoms with Crippen LogP contribution in [0.2, 0.25) is 0 Å². The van der Waals surface area contributed by atoms with Gasteiger partial charge in [-0.15, -0.1) is 0 Å². The number of phenols is 1. The van der Waals surface area contributed by atoms with E-state index in [9.17, 15) is 15.2 Å². The molecule has 0 spiro atoms. The molecule has 0 saturated carbocycles. The van der Waals surface area contributed by atoms with Crippen molar-refractivity contribution >= 4 is 6.08 Å². The van der Waals surface area contributed by atoms with E-state index in [0.717, 1.165) is 6.20 Å². The molecule has 14 heavy (non-hydrogen) atoms. The van der Waals surface area contributed by atoms with Gasteiger partial charge in [-0.25, -0.2) is 0 Å². The van der Waals surface area contributed by atoms with Crippen LogP contribution in [0, 0.1) is 10.1 Å². The first kappa shape index (κ1) is 10.0. The fourth-order valence-electron chi connectivity index (χ4n) is 0.958. The monoisotopic (exact) mass is 195 g/mol. The van der Waals surface area contributed by atoms with Crippen molar-refractivity contribution in [3.05, 3.63) is 40.1 Å². The number of nitro groups is 1. The summed E-state index contributed by atoms with van der Waals surface area (Å²) in [7, 11) is 1.43. The molecular weight excluding hydrogens is 186 g/mol. The maximum atomic E-state index is 10.0. The van der Waals surface area contributed by atoms with E-state index in [1.165, 1.54) is 25.3 Å². The fourth-order valence-corrected chi connectivity index (χ4v) is 0.958. The molecule has 0 aliphatic rings. The van der Waals surface area contributed by atoms with Crippen molar-refractivity contribution in [3.8, 4) is 11.5 Å². The molecule has 1 rings (SSSR count). The van der Waals surface area contributed by atoms with Gasteiger partial charge in [0.1, 0.15) is 0 Å². The highest BCUT2D eigenvalue weighted by molar-refractivity contribution is 5.54. The van der Waals surface area contributed by atoms with Crippen molar-refractivity contribution in [2.24, 2.45) is 0 Å². The Morgan fingerprint density at radius 3 is 2.79 bits per heavy atom. The van der Waals surface area contributed by atoms with Gasteiger partial charge in [0.25, 0.3) is 0 Å². The second-order valence-electron chi connectivity index (χ2n) is 2.53. The SMILES string of the molecule is COc1ccc(C=C[N+](=O)[O-])cc1O. The summed E-state index contributed by atoms with van der Waals surface area (Å²) >= 11 is 0. The molecule has 0 saturated heterocycles. The predicted octanol–water partition coefficient (Wildman–Crippen LogP) is 1.65. The number of benzene rings is 1. The van der Waals surface area contributed by atoms with Crippen molar-refractivity contribution in [2.45, 2.75) is 0 Å². The van der Waals surface area contributed by atoms with Gasteiger partial charge >= 0.3 is 0 Å². The fraction of sp³-hybridized carbons (Fsp3) is 0.111. The topological polar surface area (TPSA) is 72.6 Å². The Balaban J connectivity index is 2.91. The molecule has 0 atom stereocenters. The van der Waals surface area contributed by atoms with Gasteiger partial charge in [0.05, 0.1) is 12.0 Å². The Labute approximate surface area is 80.4 Å². The number of aromatic hydroxyl groups is 1. The summed E-state index contributed by atoms with van der Waals surface area (Å²) in [4.78, 5) is 9.44. The second kappa shape index (κ2) is 4.27. The molecular formula is C9H9NO4. The second-order valence-corrected chi connectivity index (χ2v) is 2.53. The molecule has 1 aromatic rings. The van der Waals surface area contributed by atoms with Crippen molar-refractivity contribution in [1.82, 2.24) is 0 Å². The molecule has 0 unspecified atom stereocenters. The van der Waals surface area contributed by atoms with E-state index in [0.29, 0.717) is 11.3 Å². The maximum Gasteiger partial charge on any atom is 0.235 e. The first-order valence-corrected chi connectivity index (χ1v) is 3.82. The van der Waals surface area contributed by atoms with Crippen molar-refractivity contribution < 1.29 is 14.8 Å². The summed E-state index contributed by atoms with van der Waals surface area (Å²) in [6.45, 7) is 0. The maximum absolute atomic E-state index is 10.0. The number of ether oxygens (including phenoxy) is 1. The summed E-state index contributed by atoms with van der Waals surface area (Å²) in [6.07, 6.45) is 2.10. The lowest BCUT2D eigenvalue weighted by molar-refractivity contribution is -0.400. The van der Waals surface area contributed by atoms with E-state index < -0.39 is 4.92 Å². The standard InChI is InChI=1S/C9H9NO4/c1-14-9-3-2-7(6-8(9)11)4-5-10(12)13/h2-6,11H,1H3. The molecule has 0 heterocycles. The van der Waals surface area contributed by atoms with Crippen LogP contribution in [0.1, 0.15) is 5.56 Å². The van der Waals surface area contributed by atoms with E-state index in [1.54, 1.807) is 6.07 Å². The lowest BCUT2D eigenvalue weighted by Crippen LogP contribution is -1.85. The summed E-state index contributed by atoms with van der Waals surface area (Å²) in [5.41, 5.74) is 0.542. The molecule has 0 radical (unpaired) electrons. The molecule has 0 fully saturated rings. The Bertz CT molecular complexity index is 373. The van der Waals surface area contributed by atoms with Gasteiger partial charge in [-0.1, -0.05) is 6.07 Å². The first-order chi connectivity index (χ1) is 6.63. The van der Waals surface area contributed by atoms with Crippen molar-refractivity contribution in [2.75, 3.05) is 7.11 Å². The van der Waals surface area contributed by atoms with Gasteiger partial charge in [0.2, 0.25) is 6.20 Å². The molecule has 5 heteroatoms. The highest BCUT2D eigenvalue weighted by Gasteiger charge is 2.00. The minimum absolute atomic E-state index is 0.0435. The molecule has 0 amide bonds. The van der Waals surface area contributed by atoms with Crippen LogP contribution in [-0.4, -0.2) is 17.1 Å². The van der Waals surface area contributed by atoms with Gasteiger partial charge in [-0.05, 0) is 17.7 Å². The third-order valence-electron chi connectivity index (χ3n) is 1.59. The quantitative estimate of drug-likeness (QED) is 0.587. The Hall–Kier alpha value is -2.04. The Morgan fingerprint density at radius 2 is 2.29 bits per heavy atom. The number of rotatable bonds is 3. The third-order valence-corrected chi connectivity index (χ3v) is 1.59. The van der Waals surface area contributed by atoms with Crippen LogP contribution in [0.15, 0.2) is 24.4 Å². The van der Waals surface area contributed by atoms with Gasteiger partial charge < -0.3 is 9.84 Å². The number of methoxy groups -OCH3 is 1. The first-order valence-electron chi connectivity index (χ1n) is 3.82. The number of hydrogen-bond acceptors (Lipinski definition) is 4. The molecule has 74 valence electrons. The van der Waals surface area contributed by atoms with E-state index in [4.69, 9.17) is 4.74 Å². The average Bonchev–Trinajstić information content (AvgIpc) is 2.15. The molecule has 0 aliphatic carbocycles. The van der Waals surface area contributed by atoms with Crippen LogP contribution in [0.5, 0.6) is 11.5 Å².